The fourth-order valence-corrected chi connectivity index (χ4v) is 2.51. The van der Waals surface area contributed by atoms with Crippen LogP contribution >= 0.6 is 11.6 Å². The highest BCUT2D eigenvalue weighted by Gasteiger charge is 2.25. The summed E-state index contributed by atoms with van der Waals surface area (Å²) in [7, 11) is 3.61. The normalized spacial score (nSPS) is 12.5. The van der Waals surface area contributed by atoms with Crippen molar-refractivity contribution in [2.45, 2.75) is 26.2 Å². The SMILES string of the molecule is CO/C=C\c1c(C(C)(C)C)n(C)c2nc(Cl)cnc12. The Labute approximate surface area is 118 Å². The second kappa shape index (κ2) is 4.85. The molecule has 2 heterocycles. The van der Waals surface area contributed by atoms with Gasteiger partial charge in [-0.15, -0.1) is 0 Å². The van der Waals surface area contributed by atoms with Crippen molar-refractivity contribution in [3.63, 3.8) is 0 Å². The van der Waals surface area contributed by atoms with Gasteiger partial charge < -0.3 is 9.30 Å². The first-order chi connectivity index (χ1) is 8.86. The van der Waals surface area contributed by atoms with Gasteiger partial charge in [-0.05, 0) is 6.08 Å². The Morgan fingerprint density at radius 3 is 2.63 bits per heavy atom. The molecule has 0 saturated carbocycles. The predicted molar refractivity (Wildman–Crippen MR) is 78.3 cm³/mol. The van der Waals surface area contributed by atoms with E-state index in [1.807, 2.05) is 17.7 Å². The number of ether oxygens (including phenoxy) is 1. The van der Waals surface area contributed by atoms with Crippen LogP contribution in [0.1, 0.15) is 32.0 Å². The number of rotatable bonds is 2. The van der Waals surface area contributed by atoms with Crippen LogP contribution in [0, 0.1) is 0 Å². The molecule has 2 aromatic heterocycles. The van der Waals surface area contributed by atoms with Crippen molar-refractivity contribution < 1.29 is 4.74 Å². The van der Waals surface area contributed by atoms with E-state index in [2.05, 4.69) is 30.7 Å². The van der Waals surface area contributed by atoms with Crippen LogP contribution in [0.5, 0.6) is 0 Å². The van der Waals surface area contributed by atoms with E-state index in [1.54, 1.807) is 19.6 Å². The minimum Gasteiger partial charge on any atom is -0.504 e. The van der Waals surface area contributed by atoms with Crippen LogP contribution in [0.15, 0.2) is 12.5 Å². The topological polar surface area (TPSA) is 39.9 Å². The molecule has 0 spiro atoms. The number of halogens is 1. The van der Waals surface area contributed by atoms with Crippen LogP contribution in [0.3, 0.4) is 0 Å². The van der Waals surface area contributed by atoms with Gasteiger partial charge in [-0.2, -0.15) is 0 Å². The minimum absolute atomic E-state index is 0.0307. The van der Waals surface area contributed by atoms with Gasteiger partial charge in [0.2, 0.25) is 0 Å². The lowest BCUT2D eigenvalue weighted by Gasteiger charge is -2.21. The number of nitrogens with zero attached hydrogens (tertiary/aromatic N) is 3. The summed E-state index contributed by atoms with van der Waals surface area (Å²) in [4.78, 5) is 8.78. The number of fused-ring (bicyclic) bond motifs is 1. The molecule has 19 heavy (non-hydrogen) atoms. The van der Waals surface area contributed by atoms with E-state index in [4.69, 9.17) is 16.3 Å². The summed E-state index contributed by atoms with van der Waals surface area (Å²) in [5.41, 5.74) is 3.77. The highest BCUT2D eigenvalue weighted by Crippen LogP contribution is 2.33. The zero-order valence-electron chi connectivity index (χ0n) is 11.9. The van der Waals surface area contributed by atoms with Gasteiger partial charge in [-0.25, -0.2) is 9.97 Å². The molecule has 0 aliphatic rings. The van der Waals surface area contributed by atoms with Crippen LogP contribution in [0.4, 0.5) is 0 Å². The summed E-state index contributed by atoms with van der Waals surface area (Å²) in [5.74, 6) is 0. The van der Waals surface area contributed by atoms with Gasteiger partial charge in [0.15, 0.2) is 5.65 Å². The molecule has 0 atom stereocenters. The molecule has 0 unspecified atom stereocenters. The molecule has 0 aliphatic heterocycles. The first kappa shape index (κ1) is 13.9. The van der Waals surface area contributed by atoms with Gasteiger partial charge >= 0.3 is 0 Å². The molecule has 2 rings (SSSR count). The molecule has 0 aromatic carbocycles. The Morgan fingerprint density at radius 1 is 1.37 bits per heavy atom. The first-order valence-corrected chi connectivity index (χ1v) is 6.45. The summed E-state index contributed by atoms with van der Waals surface area (Å²) in [5, 5.41) is 0.399. The molecule has 0 aliphatic carbocycles. The molecular formula is C14H18ClN3O. The molecule has 0 fully saturated rings. The number of aryl methyl sites for hydroxylation is 1. The van der Waals surface area contributed by atoms with Crippen molar-refractivity contribution >= 4 is 28.8 Å². The van der Waals surface area contributed by atoms with E-state index >= 15 is 0 Å². The number of hydrogen-bond acceptors (Lipinski definition) is 3. The first-order valence-electron chi connectivity index (χ1n) is 6.07. The molecule has 102 valence electrons. The van der Waals surface area contributed by atoms with Crippen LogP contribution in [0.2, 0.25) is 5.15 Å². The van der Waals surface area contributed by atoms with Crippen molar-refractivity contribution in [2.24, 2.45) is 7.05 Å². The van der Waals surface area contributed by atoms with E-state index in [0.717, 1.165) is 22.4 Å². The summed E-state index contributed by atoms with van der Waals surface area (Å²) in [6, 6.07) is 0. The predicted octanol–water partition coefficient (Wildman–Crippen LogP) is 3.54. The Kier molecular flexibility index (Phi) is 3.54. The summed E-state index contributed by atoms with van der Waals surface area (Å²) >= 11 is 5.94. The fourth-order valence-electron chi connectivity index (χ4n) is 2.38. The molecule has 0 radical (unpaired) electrons. The van der Waals surface area contributed by atoms with Gasteiger partial charge in [0.05, 0.1) is 19.6 Å². The Morgan fingerprint density at radius 2 is 2.05 bits per heavy atom. The van der Waals surface area contributed by atoms with Gasteiger partial charge in [0.1, 0.15) is 10.7 Å². The third kappa shape index (κ3) is 2.45. The zero-order chi connectivity index (χ0) is 14.2. The van der Waals surface area contributed by atoms with Gasteiger partial charge in [-0.3, -0.25) is 0 Å². The van der Waals surface area contributed by atoms with E-state index in [-0.39, 0.29) is 5.41 Å². The van der Waals surface area contributed by atoms with Crippen LogP contribution in [0.25, 0.3) is 17.2 Å². The summed E-state index contributed by atoms with van der Waals surface area (Å²) in [6.07, 6.45) is 5.15. The van der Waals surface area contributed by atoms with Crippen molar-refractivity contribution in [2.75, 3.05) is 7.11 Å². The lowest BCUT2D eigenvalue weighted by atomic mass is 9.89. The highest BCUT2D eigenvalue weighted by molar-refractivity contribution is 6.29. The van der Waals surface area contributed by atoms with Crippen LogP contribution in [-0.4, -0.2) is 21.6 Å². The maximum Gasteiger partial charge on any atom is 0.161 e. The maximum atomic E-state index is 5.94. The molecule has 4 nitrogen and oxygen atoms in total. The van der Waals surface area contributed by atoms with Crippen LogP contribution < -0.4 is 0 Å². The smallest absolute Gasteiger partial charge is 0.161 e. The molecule has 0 amide bonds. The van der Waals surface area contributed by atoms with E-state index in [9.17, 15) is 0 Å². The molecule has 5 heteroatoms. The van der Waals surface area contributed by atoms with E-state index in [1.165, 1.54) is 0 Å². The third-order valence-electron chi connectivity index (χ3n) is 2.97. The molecular weight excluding hydrogens is 262 g/mol. The lowest BCUT2D eigenvalue weighted by Crippen LogP contribution is -2.17. The molecule has 2 aromatic rings. The molecule has 0 saturated heterocycles. The average molecular weight is 280 g/mol. The third-order valence-corrected chi connectivity index (χ3v) is 3.15. The average Bonchev–Trinajstić information content (AvgIpc) is 2.59. The zero-order valence-corrected chi connectivity index (χ0v) is 12.6. The van der Waals surface area contributed by atoms with Gasteiger partial charge in [0.25, 0.3) is 0 Å². The fraction of sp³-hybridized carbons (Fsp3) is 0.429. The Balaban J connectivity index is 2.84. The van der Waals surface area contributed by atoms with Crippen molar-refractivity contribution in [1.29, 1.82) is 0 Å². The quantitative estimate of drug-likeness (QED) is 0.790. The largest absolute Gasteiger partial charge is 0.504 e. The minimum atomic E-state index is -0.0307. The summed E-state index contributed by atoms with van der Waals surface area (Å²) < 4.78 is 7.08. The summed E-state index contributed by atoms with van der Waals surface area (Å²) in [6.45, 7) is 6.48. The van der Waals surface area contributed by atoms with Crippen molar-refractivity contribution in [1.82, 2.24) is 14.5 Å². The second-order valence-electron chi connectivity index (χ2n) is 5.47. The monoisotopic (exact) mass is 279 g/mol. The van der Waals surface area contributed by atoms with Gasteiger partial charge in [0, 0.05) is 23.7 Å². The Bertz CT molecular complexity index is 638. The second-order valence-corrected chi connectivity index (χ2v) is 5.86. The van der Waals surface area contributed by atoms with E-state index < -0.39 is 0 Å². The van der Waals surface area contributed by atoms with Crippen LogP contribution in [-0.2, 0) is 17.2 Å². The Hall–Kier alpha value is -1.55. The standard InChI is InChI=1S/C14H18ClN3O/c1-14(2,3)12-9(6-7-19-5)11-13(18(12)4)17-10(15)8-16-11/h6-8H,1-5H3/b7-6-. The van der Waals surface area contributed by atoms with E-state index in [0.29, 0.717) is 5.15 Å². The molecule has 0 bridgehead atoms. The molecule has 0 N–H and O–H groups in total. The highest BCUT2D eigenvalue weighted by atomic mass is 35.5. The lowest BCUT2D eigenvalue weighted by molar-refractivity contribution is 0.341. The maximum absolute atomic E-state index is 5.94. The van der Waals surface area contributed by atoms with Crippen molar-refractivity contribution in [3.8, 4) is 0 Å². The number of aromatic nitrogens is 3. The van der Waals surface area contributed by atoms with Crippen molar-refractivity contribution in [3.05, 3.63) is 28.9 Å². The van der Waals surface area contributed by atoms with Gasteiger partial charge in [-0.1, -0.05) is 32.4 Å². The number of methoxy groups -OCH3 is 1. The number of hydrogen-bond donors (Lipinski definition) is 0.